The minimum absolute atomic E-state index is 0.494. The van der Waals surface area contributed by atoms with E-state index in [1.54, 1.807) is 0 Å². The summed E-state index contributed by atoms with van der Waals surface area (Å²) in [5, 5.41) is 0. The van der Waals surface area contributed by atoms with Gasteiger partial charge in [0.25, 0.3) is 0 Å². The summed E-state index contributed by atoms with van der Waals surface area (Å²) in [6.07, 6.45) is 5.39. The standard InChI is InChI=1S/C24H18BrNO/c25-18-9-7-8-17(16-18)24(23-14-5-6-15-26-23)19-10-1-3-12-21(19)27-22-13-4-2-11-20(22)24/h1-5,7-14,16H,6,15H2. The highest BCUT2D eigenvalue weighted by molar-refractivity contribution is 9.10. The van der Waals surface area contributed by atoms with E-state index in [0.717, 1.165) is 45.8 Å². The lowest BCUT2D eigenvalue weighted by atomic mass is 9.64. The zero-order chi connectivity index (χ0) is 18.3. The van der Waals surface area contributed by atoms with Crippen molar-refractivity contribution in [3.05, 3.63) is 106 Å². The van der Waals surface area contributed by atoms with Crippen LogP contribution in [-0.2, 0) is 5.41 Å². The summed E-state index contributed by atoms with van der Waals surface area (Å²) in [5.74, 6) is 1.77. The first kappa shape index (κ1) is 16.5. The summed E-state index contributed by atoms with van der Waals surface area (Å²) < 4.78 is 7.34. The number of benzene rings is 3. The SMILES string of the molecule is Brc1cccc(C2(C3=NCCC=C3)c3ccccc3Oc3ccccc32)c1. The quantitative estimate of drug-likeness (QED) is 0.481. The maximum atomic E-state index is 6.28. The summed E-state index contributed by atoms with van der Waals surface area (Å²) in [7, 11) is 0. The van der Waals surface area contributed by atoms with E-state index < -0.39 is 5.41 Å². The third-order valence-electron chi connectivity index (χ3n) is 5.30. The number of dihydropyridines is 1. The molecule has 3 heteroatoms. The molecule has 2 aliphatic rings. The second kappa shape index (κ2) is 6.50. The normalized spacial score (nSPS) is 16.7. The minimum Gasteiger partial charge on any atom is -0.457 e. The van der Waals surface area contributed by atoms with E-state index in [4.69, 9.17) is 9.73 Å². The third kappa shape index (κ3) is 2.49. The van der Waals surface area contributed by atoms with Gasteiger partial charge in [-0.05, 0) is 42.3 Å². The maximum Gasteiger partial charge on any atom is 0.132 e. The fourth-order valence-corrected chi connectivity index (χ4v) is 4.60. The minimum atomic E-state index is -0.494. The Morgan fingerprint density at radius 2 is 1.56 bits per heavy atom. The monoisotopic (exact) mass is 415 g/mol. The lowest BCUT2D eigenvalue weighted by molar-refractivity contribution is 0.442. The summed E-state index contributed by atoms with van der Waals surface area (Å²) in [6.45, 7) is 0.812. The van der Waals surface area contributed by atoms with Crippen molar-refractivity contribution in [3.63, 3.8) is 0 Å². The highest BCUT2D eigenvalue weighted by Crippen LogP contribution is 2.53. The number of aliphatic imine (C=N–C) groups is 1. The molecule has 0 aromatic heterocycles. The van der Waals surface area contributed by atoms with Crippen LogP contribution in [0, 0.1) is 0 Å². The fourth-order valence-electron chi connectivity index (χ4n) is 4.20. The molecule has 0 radical (unpaired) electrons. The van der Waals surface area contributed by atoms with Crippen molar-refractivity contribution in [2.45, 2.75) is 11.8 Å². The first-order chi connectivity index (χ1) is 13.3. The first-order valence-electron chi connectivity index (χ1n) is 9.14. The van der Waals surface area contributed by atoms with Crippen molar-refractivity contribution in [3.8, 4) is 11.5 Å². The van der Waals surface area contributed by atoms with Crippen molar-refractivity contribution in [2.75, 3.05) is 6.54 Å². The molecule has 0 bridgehead atoms. The van der Waals surface area contributed by atoms with Crippen LogP contribution >= 0.6 is 15.9 Å². The largest absolute Gasteiger partial charge is 0.457 e. The molecular formula is C24H18BrNO. The molecule has 0 unspecified atom stereocenters. The van der Waals surface area contributed by atoms with Gasteiger partial charge < -0.3 is 4.74 Å². The van der Waals surface area contributed by atoms with Gasteiger partial charge in [-0.2, -0.15) is 0 Å². The lowest BCUT2D eigenvalue weighted by Crippen LogP contribution is -2.40. The number of para-hydroxylation sites is 2. The van der Waals surface area contributed by atoms with E-state index >= 15 is 0 Å². The van der Waals surface area contributed by atoms with E-state index in [0.29, 0.717) is 0 Å². The predicted octanol–water partition coefficient (Wildman–Crippen LogP) is 6.29. The molecule has 0 atom stereocenters. The number of allylic oxidation sites excluding steroid dienone is 1. The van der Waals surface area contributed by atoms with Gasteiger partial charge in [0.2, 0.25) is 0 Å². The van der Waals surface area contributed by atoms with Crippen LogP contribution in [0.5, 0.6) is 11.5 Å². The second-order valence-electron chi connectivity index (χ2n) is 6.81. The molecule has 2 heterocycles. The van der Waals surface area contributed by atoms with Gasteiger partial charge in [0.15, 0.2) is 0 Å². The molecule has 132 valence electrons. The zero-order valence-corrected chi connectivity index (χ0v) is 16.3. The Labute approximate surface area is 167 Å². The number of ether oxygens (including phenoxy) is 1. The van der Waals surface area contributed by atoms with Gasteiger partial charge in [0.1, 0.15) is 11.5 Å². The van der Waals surface area contributed by atoms with Crippen LogP contribution in [0.25, 0.3) is 0 Å². The predicted molar refractivity (Wildman–Crippen MR) is 113 cm³/mol. The summed E-state index contributed by atoms with van der Waals surface area (Å²) >= 11 is 3.67. The van der Waals surface area contributed by atoms with Crippen molar-refractivity contribution in [1.82, 2.24) is 0 Å². The molecule has 0 spiro atoms. The van der Waals surface area contributed by atoms with Gasteiger partial charge >= 0.3 is 0 Å². The molecule has 3 aromatic carbocycles. The molecule has 27 heavy (non-hydrogen) atoms. The van der Waals surface area contributed by atoms with Gasteiger partial charge in [-0.15, -0.1) is 0 Å². The molecule has 2 nitrogen and oxygen atoms in total. The number of rotatable bonds is 2. The van der Waals surface area contributed by atoms with Gasteiger partial charge in [-0.25, -0.2) is 0 Å². The second-order valence-corrected chi connectivity index (χ2v) is 7.73. The molecular weight excluding hydrogens is 398 g/mol. The molecule has 2 aliphatic heterocycles. The first-order valence-corrected chi connectivity index (χ1v) is 9.94. The van der Waals surface area contributed by atoms with Crippen LogP contribution < -0.4 is 4.74 Å². The molecule has 0 fully saturated rings. The Morgan fingerprint density at radius 3 is 2.19 bits per heavy atom. The molecule has 3 aromatic rings. The van der Waals surface area contributed by atoms with Crippen molar-refractivity contribution in [2.24, 2.45) is 4.99 Å². The van der Waals surface area contributed by atoms with Crippen LogP contribution in [-0.4, -0.2) is 12.3 Å². The number of nitrogens with zero attached hydrogens (tertiary/aromatic N) is 1. The molecule has 0 aliphatic carbocycles. The van der Waals surface area contributed by atoms with Gasteiger partial charge in [-0.1, -0.05) is 70.5 Å². The fraction of sp³-hybridized carbons (Fsp3) is 0.125. The van der Waals surface area contributed by atoms with Crippen molar-refractivity contribution >= 4 is 21.6 Å². The molecule has 0 amide bonds. The lowest BCUT2D eigenvalue weighted by Gasteiger charge is -2.41. The van der Waals surface area contributed by atoms with Crippen LogP contribution in [0.4, 0.5) is 0 Å². The maximum absolute atomic E-state index is 6.28. The smallest absolute Gasteiger partial charge is 0.132 e. The molecule has 0 saturated heterocycles. The van der Waals surface area contributed by atoms with E-state index in [2.05, 4.69) is 76.6 Å². The number of hydrogen-bond acceptors (Lipinski definition) is 2. The van der Waals surface area contributed by atoms with Crippen LogP contribution in [0.2, 0.25) is 0 Å². The molecule has 5 rings (SSSR count). The van der Waals surface area contributed by atoms with Crippen LogP contribution in [0.3, 0.4) is 0 Å². The topological polar surface area (TPSA) is 21.6 Å². The average Bonchev–Trinajstić information content (AvgIpc) is 2.72. The zero-order valence-electron chi connectivity index (χ0n) is 14.7. The van der Waals surface area contributed by atoms with Gasteiger partial charge in [0.05, 0.1) is 11.1 Å². The van der Waals surface area contributed by atoms with E-state index in [1.165, 1.54) is 5.56 Å². The Bertz CT molecular complexity index is 1040. The Morgan fingerprint density at radius 1 is 0.852 bits per heavy atom. The third-order valence-corrected chi connectivity index (χ3v) is 5.79. The number of hydrogen-bond donors (Lipinski definition) is 0. The van der Waals surface area contributed by atoms with E-state index in [-0.39, 0.29) is 0 Å². The summed E-state index contributed by atoms with van der Waals surface area (Å²) in [4.78, 5) is 4.99. The Kier molecular flexibility index (Phi) is 3.98. The summed E-state index contributed by atoms with van der Waals surface area (Å²) in [5.41, 5.74) is 4.02. The van der Waals surface area contributed by atoms with Crippen LogP contribution in [0.1, 0.15) is 23.1 Å². The molecule has 0 N–H and O–H groups in total. The Balaban J connectivity index is 1.94. The number of halogens is 1. The highest BCUT2D eigenvalue weighted by atomic mass is 79.9. The van der Waals surface area contributed by atoms with E-state index in [1.807, 2.05) is 24.3 Å². The summed E-state index contributed by atoms with van der Waals surface area (Å²) in [6, 6.07) is 25.2. The van der Waals surface area contributed by atoms with Gasteiger partial charge in [0, 0.05) is 22.1 Å². The van der Waals surface area contributed by atoms with Crippen LogP contribution in [0.15, 0.2) is 94.4 Å². The molecule has 0 saturated carbocycles. The number of fused-ring (bicyclic) bond motifs is 2. The van der Waals surface area contributed by atoms with E-state index in [9.17, 15) is 0 Å². The van der Waals surface area contributed by atoms with Gasteiger partial charge in [-0.3, -0.25) is 4.99 Å². The highest BCUT2D eigenvalue weighted by Gasteiger charge is 2.47. The van der Waals surface area contributed by atoms with Crippen molar-refractivity contribution < 1.29 is 4.74 Å². The Hall–Kier alpha value is -2.65. The van der Waals surface area contributed by atoms with Crippen molar-refractivity contribution in [1.29, 1.82) is 0 Å². The average molecular weight is 416 g/mol.